The molecule has 0 saturated heterocycles. The van der Waals surface area contributed by atoms with Crippen molar-refractivity contribution in [2.24, 2.45) is 5.92 Å². The van der Waals surface area contributed by atoms with E-state index in [9.17, 15) is 0 Å². The Morgan fingerprint density at radius 2 is 2.06 bits per heavy atom. The van der Waals surface area contributed by atoms with Crippen molar-refractivity contribution in [1.29, 1.82) is 0 Å². The van der Waals surface area contributed by atoms with E-state index in [0.29, 0.717) is 12.1 Å². The van der Waals surface area contributed by atoms with Crippen molar-refractivity contribution < 1.29 is 4.42 Å². The second kappa shape index (κ2) is 6.74. The minimum Gasteiger partial charge on any atom is -0.468 e. The molecule has 0 aliphatic carbocycles. The summed E-state index contributed by atoms with van der Waals surface area (Å²) in [6, 6.07) is 4.87. The fourth-order valence-electron chi connectivity index (χ4n) is 2.28. The van der Waals surface area contributed by atoms with Gasteiger partial charge < -0.3 is 9.73 Å². The van der Waals surface area contributed by atoms with Crippen LogP contribution in [0, 0.1) is 5.92 Å². The molecular weight excluding hydrogens is 198 g/mol. The van der Waals surface area contributed by atoms with Crippen molar-refractivity contribution in [2.45, 2.75) is 59.0 Å². The zero-order valence-electron chi connectivity index (χ0n) is 11.0. The van der Waals surface area contributed by atoms with Gasteiger partial charge in [-0.15, -0.1) is 0 Å². The third-order valence-electron chi connectivity index (χ3n) is 3.30. The summed E-state index contributed by atoms with van der Waals surface area (Å²) in [6.45, 7) is 9.00. The van der Waals surface area contributed by atoms with E-state index in [4.69, 9.17) is 4.42 Å². The minimum absolute atomic E-state index is 0.305. The van der Waals surface area contributed by atoms with Gasteiger partial charge in [0, 0.05) is 6.04 Å². The van der Waals surface area contributed by atoms with Gasteiger partial charge in [-0.3, -0.25) is 0 Å². The van der Waals surface area contributed by atoms with Crippen LogP contribution in [-0.4, -0.2) is 6.04 Å². The Hall–Kier alpha value is -0.760. The van der Waals surface area contributed by atoms with Crippen LogP contribution in [0.1, 0.15) is 58.8 Å². The molecular formula is C14H25NO. The lowest BCUT2D eigenvalue weighted by Crippen LogP contribution is -2.36. The van der Waals surface area contributed by atoms with Crippen LogP contribution in [-0.2, 0) is 0 Å². The number of hydrogen-bond donors (Lipinski definition) is 1. The van der Waals surface area contributed by atoms with Crippen LogP contribution in [0.2, 0.25) is 0 Å². The zero-order valence-corrected chi connectivity index (χ0v) is 11.0. The summed E-state index contributed by atoms with van der Waals surface area (Å²) in [5.41, 5.74) is 0. The van der Waals surface area contributed by atoms with Crippen LogP contribution in [0.25, 0.3) is 0 Å². The van der Waals surface area contributed by atoms with E-state index in [1.165, 1.54) is 19.3 Å². The zero-order chi connectivity index (χ0) is 12.0. The normalized spacial score (nSPS) is 17.0. The van der Waals surface area contributed by atoms with E-state index in [1.54, 1.807) is 6.26 Å². The van der Waals surface area contributed by atoms with E-state index in [1.807, 2.05) is 12.1 Å². The molecule has 0 saturated carbocycles. The third-order valence-corrected chi connectivity index (χ3v) is 3.30. The molecule has 16 heavy (non-hydrogen) atoms. The van der Waals surface area contributed by atoms with Crippen LogP contribution in [0.5, 0.6) is 0 Å². The SMILES string of the molecule is CCCC(C)C(CC)NC(C)c1ccco1. The quantitative estimate of drug-likeness (QED) is 0.751. The summed E-state index contributed by atoms with van der Waals surface area (Å²) in [7, 11) is 0. The van der Waals surface area contributed by atoms with Gasteiger partial charge in [0.05, 0.1) is 12.3 Å². The first-order valence-electron chi connectivity index (χ1n) is 6.48. The molecule has 0 amide bonds. The fourth-order valence-corrected chi connectivity index (χ4v) is 2.28. The predicted molar refractivity (Wildman–Crippen MR) is 68.4 cm³/mol. The van der Waals surface area contributed by atoms with E-state index >= 15 is 0 Å². The lowest BCUT2D eigenvalue weighted by Gasteiger charge is -2.26. The van der Waals surface area contributed by atoms with E-state index in [2.05, 4.69) is 33.0 Å². The van der Waals surface area contributed by atoms with Gasteiger partial charge in [-0.05, 0) is 37.8 Å². The molecule has 1 aromatic rings. The highest BCUT2D eigenvalue weighted by Gasteiger charge is 2.18. The highest BCUT2D eigenvalue weighted by atomic mass is 16.3. The van der Waals surface area contributed by atoms with Gasteiger partial charge in [-0.1, -0.05) is 27.2 Å². The van der Waals surface area contributed by atoms with Crippen molar-refractivity contribution in [3.05, 3.63) is 24.2 Å². The maximum absolute atomic E-state index is 5.42. The van der Waals surface area contributed by atoms with Gasteiger partial charge in [-0.25, -0.2) is 0 Å². The summed E-state index contributed by atoms with van der Waals surface area (Å²) in [5, 5.41) is 3.66. The average molecular weight is 223 g/mol. The topological polar surface area (TPSA) is 25.2 Å². The lowest BCUT2D eigenvalue weighted by atomic mass is 9.94. The molecule has 0 bridgehead atoms. The number of nitrogens with one attached hydrogen (secondary N) is 1. The van der Waals surface area contributed by atoms with E-state index in [0.717, 1.165) is 11.7 Å². The number of hydrogen-bond acceptors (Lipinski definition) is 2. The predicted octanol–water partition coefficient (Wildman–Crippen LogP) is 4.15. The standard InChI is InChI=1S/C14H25NO/c1-5-8-11(3)13(6-2)15-12(4)14-9-7-10-16-14/h7,9-13,15H,5-6,8H2,1-4H3. The Kier molecular flexibility index (Phi) is 5.61. The molecule has 92 valence electrons. The lowest BCUT2D eigenvalue weighted by molar-refractivity contribution is 0.301. The van der Waals surface area contributed by atoms with Crippen LogP contribution in [0.3, 0.4) is 0 Å². The molecule has 3 unspecified atom stereocenters. The maximum Gasteiger partial charge on any atom is 0.120 e. The first kappa shape index (κ1) is 13.3. The average Bonchev–Trinajstić information content (AvgIpc) is 2.79. The Labute approximate surface area is 99.4 Å². The van der Waals surface area contributed by atoms with Crippen LogP contribution < -0.4 is 5.32 Å². The summed E-state index contributed by atoms with van der Waals surface area (Å²) in [4.78, 5) is 0. The maximum atomic E-state index is 5.42. The summed E-state index contributed by atoms with van der Waals surface area (Å²) in [5.74, 6) is 1.76. The summed E-state index contributed by atoms with van der Waals surface area (Å²) >= 11 is 0. The Bertz CT molecular complexity index is 268. The molecule has 2 nitrogen and oxygen atoms in total. The highest BCUT2D eigenvalue weighted by Crippen LogP contribution is 2.19. The Balaban J connectivity index is 2.49. The number of rotatable bonds is 7. The van der Waals surface area contributed by atoms with Crippen molar-refractivity contribution in [1.82, 2.24) is 5.32 Å². The molecule has 0 aromatic carbocycles. The molecule has 0 radical (unpaired) electrons. The smallest absolute Gasteiger partial charge is 0.120 e. The molecule has 1 heterocycles. The van der Waals surface area contributed by atoms with Gasteiger partial charge in [0.2, 0.25) is 0 Å². The molecule has 0 spiro atoms. The van der Waals surface area contributed by atoms with E-state index in [-0.39, 0.29) is 0 Å². The molecule has 1 N–H and O–H groups in total. The first-order valence-corrected chi connectivity index (χ1v) is 6.48. The second-order valence-corrected chi connectivity index (χ2v) is 4.68. The summed E-state index contributed by atoms with van der Waals surface area (Å²) in [6.07, 6.45) is 5.46. The summed E-state index contributed by atoms with van der Waals surface area (Å²) < 4.78 is 5.42. The first-order chi connectivity index (χ1) is 7.69. The van der Waals surface area contributed by atoms with Gasteiger partial charge in [0.25, 0.3) is 0 Å². The Morgan fingerprint density at radius 1 is 1.31 bits per heavy atom. The van der Waals surface area contributed by atoms with Crippen LogP contribution in [0.15, 0.2) is 22.8 Å². The van der Waals surface area contributed by atoms with Crippen LogP contribution in [0.4, 0.5) is 0 Å². The van der Waals surface area contributed by atoms with Crippen molar-refractivity contribution in [2.75, 3.05) is 0 Å². The van der Waals surface area contributed by atoms with Gasteiger partial charge in [0.1, 0.15) is 5.76 Å². The second-order valence-electron chi connectivity index (χ2n) is 4.68. The van der Waals surface area contributed by atoms with Crippen molar-refractivity contribution >= 4 is 0 Å². The van der Waals surface area contributed by atoms with Gasteiger partial charge in [-0.2, -0.15) is 0 Å². The molecule has 0 aliphatic heterocycles. The molecule has 1 rings (SSSR count). The Morgan fingerprint density at radius 3 is 2.56 bits per heavy atom. The number of furan rings is 1. The highest BCUT2D eigenvalue weighted by molar-refractivity contribution is 5.03. The van der Waals surface area contributed by atoms with Crippen molar-refractivity contribution in [3.8, 4) is 0 Å². The molecule has 1 aromatic heterocycles. The molecule has 0 fully saturated rings. The van der Waals surface area contributed by atoms with Crippen molar-refractivity contribution in [3.63, 3.8) is 0 Å². The molecule has 3 atom stereocenters. The van der Waals surface area contributed by atoms with E-state index < -0.39 is 0 Å². The molecule has 2 heteroatoms. The minimum atomic E-state index is 0.305. The fraction of sp³-hybridized carbons (Fsp3) is 0.714. The van der Waals surface area contributed by atoms with Crippen LogP contribution >= 0.6 is 0 Å². The third kappa shape index (κ3) is 3.67. The molecule has 0 aliphatic rings. The largest absolute Gasteiger partial charge is 0.468 e. The van der Waals surface area contributed by atoms with Gasteiger partial charge in [0.15, 0.2) is 0 Å². The van der Waals surface area contributed by atoms with Gasteiger partial charge >= 0.3 is 0 Å². The monoisotopic (exact) mass is 223 g/mol.